The van der Waals surface area contributed by atoms with Gasteiger partial charge in [0.15, 0.2) is 0 Å². The van der Waals surface area contributed by atoms with Crippen LogP contribution in [0.5, 0.6) is 17.2 Å². The topological polar surface area (TPSA) is 118 Å². The first kappa shape index (κ1) is 28.1. The monoisotopic (exact) mass is 571 g/mol. The van der Waals surface area contributed by atoms with Gasteiger partial charge in [-0.25, -0.2) is 4.79 Å². The second kappa shape index (κ2) is 12.8. The molecule has 2 fully saturated rings. The summed E-state index contributed by atoms with van der Waals surface area (Å²) >= 11 is 0. The van der Waals surface area contributed by atoms with Gasteiger partial charge in [-0.3, -0.25) is 4.79 Å². The van der Waals surface area contributed by atoms with Gasteiger partial charge in [0.05, 0.1) is 19.1 Å². The van der Waals surface area contributed by atoms with Crippen LogP contribution in [0, 0.1) is 0 Å². The molecule has 0 radical (unpaired) electrons. The number of aliphatic hydroxyl groups excluding tert-OH is 1. The Bertz CT molecular complexity index is 1380. The summed E-state index contributed by atoms with van der Waals surface area (Å²) in [6.45, 7) is 0.177. The standard InChI is InChI=1S/C33H37N3O6/c37-20-30-32-28(27-16-23(12-15-29(27)42-32)36-33(39)35-22-6-4-5-7-22)17-26(41-30)18-31(38)34-19-21-10-13-25(14-11-21)40-24-8-2-1-3-9-24/h1-3,8-16,22,26,28,30,32,37H,4-7,17-20H2,(H,34,38)(H2,35,36,39)/t26-,28+,30-,32-/m0/s1. The van der Waals surface area contributed by atoms with E-state index in [-0.39, 0.29) is 49.1 Å². The molecule has 3 aromatic carbocycles. The highest BCUT2D eigenvalue weighted by Gasteiger charge is 2.46. The van der Waals surface area contributed by atoms with Crippen LogP contribution in [-0.2, 0) is 16.1 Å². The first-order valence-electron chi connectivity index (χ1n) is 14.8. The summed E-state index contributed by atoms with van der Waals surface area (Å²) < 4.78 is 18.1. The predicted molar refractivity (Wildman–Crippen MR) is 158 cm³/mol. The average molecular weight is 572 g/mol. The maximum Gasteiger partial charge on any atom is 0.319 e. The number of carbonyl (C=O) groups excluding carboxylic acids is 2. The van der Waals surface area contributed by atoms with E-state index in [1.54, 1.807) is 0 Å². The molecular formula is C33H37N3O6. The summed E-state index contributed by atoms with van der Waals surface area (Å²) in [5, 5.41) is 19.0. The lowest BCUT2D eigenvalue weighted by Gasteiger charge is -2.37. The number of amides is 3. The molecule has 9 nitrogen and oxygen atoms in total. The van der Waals surface area contributed by atoms with E-state index in [1.165, 1.54) is 0 Å². The van der Waals surface area contributed by atoms with Crippen molar-refractivity contribution in [1.29, 1.82) is 0 Å². The van der Waals surface area contributed by atoms with Crippen LogP contribution in [0.4, 0.5) is 10.5 Å². The first-order chi connectivity index (χ1) is 20.5. The number of rotatable bonds is 9. The average Bonchev–Trinajstić information content (AvgIpc) is 3.64. The third kappa shape index (κ3) is 6.69. The molecule has 2 heterocycles. The third-order valence-corrected chi connectivity index (χ3v) is 8.25. The van der Waals surface area contributed by atoms with Crippen molar-refractivity contribution in [2.75, 3.05) is 11.9 Å². The molecule has 0 aromatic heterocycles. The molecule has 1 saturated carbocycles. The minimum Gasteiger partial charge on any atom is -0.487 e. The van der Waals surface area contributed by atoms with E-state index in [4.69, 9.17) is 14.2 Å². The molecule has 220 valence electrons. The van der Waals surface area contributed by atoms with Gasteiger partial charge in [-0.05, 0) is 67.3 Å². The molecule has 6 rings (SSSR count). The summed E-state index contributed by atoms with van der Waals surface area (Å²) in [6.07, 6.45) is 3.81. The Morgan fingerprint density at radius 2 is 1.71 bits per heavy atom. The SMILES string of the molecule is O=C(C[C@@H]1C[C@@H]2c3cc(NC(=O)NC4CCCC4)ccc3O[C@@H]2[C@H](CO)O1)NCc1ccc(Oc2ccccc2)cc1. The van der Waals surface area contributed by atoms with Crippen LogP contribution in [0.25, 0.3) is 0 Å². The number of carbonyl (C=O) groups is 2. The Hall–Kier alpha value is -4.08. The van der Waals surface area contributed by atoms with Gasteiger partial charge in [-0.2, -0.15) is 0 Å². The van der Waals surface area contributed by atoms with E-state index in [0.717, 1.165) is 54.1 Å². The quantitative estimate of drug-likeness (QED) is 0.279. The highest BCUT2D eigenvalue weighted by atomic mass is 16.6. The number of para-hydroxylation sites is 1. The van der Waals surface area contributed by atoms with E-state index in [0.29, 0.717) is 18.7 Å². The van der Waals surface area contributed by atoms with Crippen LogP contribution in [0.2, 0.25) is 0 Å². The fraction of sp³-hybridized carbons (Fsp3) is 0.394. The number of nitrogens with one attached hydrogen (secondary N) is 3. The molecule has 9 heteroatoms. The van der Waals surface area contributed by atoms with E-state index in [9.17, 15) is 14.7 Å². The number of anilines is 1. The zero-order valence-electron chi connectivity index (χ0n) is 23.5. The Kier molecular flexibility index (Phi) is 8.58. The molecule has 3 amide bonds. The second-order valence-corrected chi connectivity index (χ2v) is 11.3. The Balaban J connectivity index is 1.03. The van der Waals surface area contributed by atoms with Crippen LogP contribution >= 0.6 is 0 Å². The van der Waals surface area contributed by atoms with E-state index >= 15 is 0 Å². The van der Waals surface area contributed by atoms with Crippen molar-refractivity contribution in [2.24, 2.45) is 0 Å². The number of hydrogen-bond acceptors (Lipinski definition) is 6. The molecule has 2 aliphatic heterocycles. The summed E-state index contributed by atoms with van der Waals surface area (Å²) in [5.74, 6) is 2.03. The molecule has 0 bridgehead atoms. The van der Waals surface area contributed by atoms with Gasteiger partial charge in [-0.1, -0.05) is 43.2 Å². The number of urea groups is 1. The van der Waals surface area contributed by atoms with Crippen LogP contribution in [-0.4, -0.2) is 48.0 Å². The van der Waals surface area contributed by atoms with Gasteiger partial charge >= 0.3 is 6.03 Å². The molecule has 0 unspecified atom stereocenters. The van der Waals surface area contributed by atoms with Crippen molar-refractivity contribution in [1.82, 2.24) is 10.6 Å². The van der Waals surface area contributed by atoms with Crippen molar-refractivity contribution in [3.8, 4) is 17.2 Å². The lowest BCUT2D eigenvalue weighted by molar-refractivity contribution is -0.142. The smallest absolute Gasteiger partial charge is 0.319 e. The van der Waals surface area contributed by atoms with E-state index in [1.807, 2.05) is 72.8 Å². The Morgan fingerprint density at radius 1 is 0.952 bits per heavy atom. The van der Waals surface area contributed by atoms with Gasteiger partial charge in [0, 0.05) is 29.8 Å². The van der Waals surface area contributed by atoms with Crippen molar-refractivity contribution in [2.45, 2.75) is 75.3 Å². The van der Waals surface area contributed by atoms with Gasteiger partial charge in [0.1, 0.15) is 29.5 Å². The van der Waals surface area contributed by atoms with Crippen LogP contribution in [0.3, 0.4) is 0 Å². The van der Waals surface area contributed by atoms with E-state index in [2.05, 4.69) is 16.0 Å². The highest BCUT2D eigenvalue weighted by Crippen LogP contribution is 2.47. The second-order valence-electron chi connectivity index (χ2n) is 11.3. The molecule has 3 aliphatic rings. The first-order valence-corrected chi connectivity index (χ1v) is 14.8. The maximum atomic E-state index is 12.9. The number of aliphatic hydroxyl groups is 1. The molecular weight excluding hydrogens is 534 g/mol. The normalized spacial score (nSPS) is 22.9. The van der Waals surface area contributed by atoms with Crippen LogP contribution in [0.1, 0.15) is 55.6 Å². The van der Waals surface area contributed by atoms with E-state index < -0.39 is 6.10 Å². The zero-order valence-corrected chi connectivity index (χ0v) is 23.5. The van der Waals surface area contributed by atoms with Crippen molar-refractivity contribution in [3.05, 3.63) is 83.9 Å². The molecule has 42 heavy (non-hydrogen) atoms. The largest absolute Gasteiger partial charge is 0.487 e. The van der Waals surface area contributed by atoms with Gasteiger partial charge in [0.2, 0.25) is 5.91 Å². The number of hydrogen-bond donors (Lipinski definition) is 4. The number of fused-ring (bicyclic) bond motifs is 3. The number of benzene rings is 3. The van der Waals surface area contributed by atoms with Gasteiger partial charge in [-0.15, -0.1) is 0 Å². The molecule has 3 aromatic rings. The maximum absolute atomic E-state index is 12.9. The van der Waals surface area contributed by atoms with Gasteiger partial charge in [0.25, 0.3) is 0 Å². The van der Waals surface area contributed by atoms with Crippen molar-refractivity contribution >= 4 is 17.6 Å². The molecule has 0 spiro atoms. The molecule has 1 aliphatic carbocycles. The summed E-state index contributed by atoms with van der Waals surface area (Å²) in [7, 11) is 0. The minimum atomic E-state index is -0.548. The Morgan fingerprint density at radius 3 is 2.48 bits per heavy atom. The zero-order chi connectivity index (χ0) is 28.9. The van der Waals surface area contributed by atoms with Crippen molar-refractivity contribution < 1.29 is 28.9 Å². The molecule has 4 N–H and O–H groups in total. The van der Waals surface area contributed by atoms with Gasteiger partial charge < -0.3 is 35.3 Å². The Labute approximate surface area is 245 Å². The fourth-order valence-corrected chi connectivity index (χ4v) is 6.17. The minimum absolute atomic E-state index is 0.0551. The van der Waals surface area contributed by atoms with Crippen molar-refractivity contribution in [3.63, 3.8) is 0 Å². The summed E-state index contributed by atoms with van der Waals surface area (Å²) in [5.41, 5.74) is 2.61. The predicted octanol–water partition coefficient (Wildman–Crippen LogP) is 5.24. The van der Waals surface area contributed by atoms with Crippen LogP contribution < -0.4 is 25.4 Å². The lowest BCUT2D eigenvalue weighted by Crippen LogP contribution is -2.47. The third-order valence-electron chi connectivity index (χ3n) is 8.25. The lowest BCUT2D eigenvalue weighted by atomic mass is 9.84. The molecule has 1 saturated heterocycles. The highest BCUT2D eigenvalue weighted by molar-refractivity contribution is 5.89. The fourth-order valence-electron chi connectivity index (χ4n) is 6.17. The van der Waals surface area contributed by atoms with Crippen LogP contribution in [0.15, 0.2) is 72.8 Å². The molecule has 4 atom stereocenters. The summed E-state index contributed by atoms with van der Waals surface area (Å²) in [6, 6.07) is 22.8. The number of ether oxygens (including phenoxy) is 3. The summed E-state index contributed by atoms with van der Waals surface area (Å²) in [4.78, 5) is 25.4.